The minimum absolute atomic E-state index is 0.0814. The van der Waals surface area contributed by atoms with Crippen LogP contribution < -0.4 is 0 Å². The molecule has 15 heavy (non-hydrogen) atoms. The fourth-order valence-corrected chi connectivity index (χ4v) is 0.833. The Morgan fingerprint density at radius 3 is 2.60 bits per heavy atom. The molecule has 1 heterocycles. The molecule has 4 nitrogen and oxygen atoms in total. The molecule has 86 valence electrons. The molecule has 0 bridgehead atoms. The first-order valence-corrected chi connectivity index (χ1v) is 4.79. The fourth-order valence-electron chi connectivity index (χ4n) is 0.833. The lowest BCUT2D eigenvalue weighted by Gasteiger charge is -2.12. The van der Waals surface area contributed by atoms with Gasteiger partial charge in [0.1, 0.15) is 6.61 Å². The Balaban J connectivity index is 2.51. The van der Waals surface area contributed by atoms with E-state index in [4.69, 9.17) is 4.52 Å². The van der Waals surface area contributed by atoms with Crippen LogP contribution in [-0.4, -0.2) is 16.2 Å². The molecule has 0 saturated carbocycles. The summed E-state index contributed by atoms with van der Waals surface area (Å²) in [5.74, 6) is 0.651. The van der Waals surface area contributed by atoms with Gasteiger partial charge < -0.3 is 9.26 Å². The highest BCUT2D eigenvalue weighted by atomic mass is 19.3. The first-order chi connectivity index (χ1) is 6.94. The Labute approximate surface area is 86.6 Å². The van der Waals surface area contributed by atoms with Crippen LogP contribution in [0.1, 0.15) is 44.8 Å². The third-order valence-electron chi connectivity index (χ3n) is 1.80. The van der Waals surface area contributed by atoms with Gasteiger partial charge in [-0.1, -0.05) is 25.9 Å². The van der Waals surface area contributed by atoms with Gasteiger partial charge in [0.25, 0.3) is 0 Å². The average molecular weight is 220 g/mol. The molecule has 0 aliphatic rings. The van der Waals surface area contributed by atoms with E-state index in [1.165, 1.54) is 6.92 Å². The summed E-state index contributed by atoms with van der Waals surface area (Å²) in [7, 11) is 0. The lowest BCUT2D eigenvalue weighted by atomic mass is 10.2. The minimum Gasteiger partial charge on any atom is -0.339 e. The average Bonchev–Trinajstić information content (AvgIpc) is 2.63. The molecule has 0 spiro atoms. The third kappa shape index (κ3) is 3.54. The van der Waals surface area contributed by atoms with Crippen LogP contribution in [0.2, 0.25) is 0 Å². The van der Waals surface area contributed by atoms with Gasteiger partial charge >= 0.3 is 6.11 Å². The third-order valence-corrected chi connectivity index (χ3v) is 1.80. The predicted molar refractivity (Wildman–Crippen MR) is 48.4 cm³/mol. The molecule has 0 aliphatic heterocycles. The molecule has 0 fully saturated rings. The highest BCUT2D eigenvalue weighted by Crippen LogP contribution is 2.21. The van der Waals surface area contributed by atoms with Crippen LogP contribution in [0.15, 0.2) is 4.52 Å². The van der Waals surface area contributed by atoms with Crippen LogP contribution in [0.3, 0.4) is 0 Å². The van der Waals surface area contributed by atoms with Crippen molar-refractivity contribution in [3.8, 4) is 0 Å². The zero-order chi connectivity index (χ0) is 11.5. The second-order valence-corrected chi connectivity index (χ2v) is 3.48. The van der Waals surface area contributed by atoms with Crippen molar-refractivity contribution in [2.75, 3.05) is 0 Å². The highest BCUT2D eigenvalue weighted by molar-refractivity contribution is 4.89. The van der Waals surface area contributed by atoms with Crippen LogP contribution in [0.25, 0.3) is 0 Å². The Morgan fingerprint density at radius 2 is 2.13 bits per heavy atom. The van der Waals surface area contributed by atoms with Crippen molar-refractivity contribution in [3.05, 3.63) is 11.7 Å². The molecule has 0 amide bonds. The summed E-state index contributed by atoms with van der Waals surface area (Å²) in [6, 6.07) is 0. The molecule has 0 aromatic carbocycles. The maximum Gasteiger partial charge on any atom is 0.355 e. The van der Waals surface area contributed by atoms with E-state index in [0.717, 1.165) is 0 Å². The number of aromatic nitrogens is 2. The molecule has 1 aromatic rings. The van der Waals surface area contributed by atoms with Crippen molar-refractivity contribution in [3.63, 3.8) is 0 Å². The highest BCUT2D eigenvalue weighted by Gasteiger charge is 2.27. The van der Waals surface area contributed by atoms with Crippen molar-refractivity contribution in [2.24, 2.45) is 0 Å². The molecule has 1 aromatic heterocycles. The Bertz CT molecular complexity index is 313. The lowest BCUT2D eigenvalue weighted by Crippen LogP contribution is -2.19. The van der Waals surface area contributed by atoms with Crippen molar-refractivity contribution < 1.29 is 18.0 Å². The molecule has 0 unspecified atom stereocenters. The van der Waals surface area contributed by atoms with Crippen molar-refractivity contribution >= 4 is 0 Å². The Hall–Kier alpha value is -1.04. The van der Waals surface area contributed by atoms with Crippen molar-refractivity contribution in [1.82, 2.24) is 10.1 Å². The quantitative estimate of drug-likeness (QED) is 0.765. The molecule has 0 saturated heterocycles. The summed E-state index contributed by atoms with van der Waals surface area (Å²) < 4.78 is 34.6. The number of rotatable bonds is 5. The van der Waals surface area contributed by atoms with Gasteiger partial charge in [0.15, 0.2) is 5.82 Å². The molecular weight excluding hydrogens is 206 g/mol. The van der Waals surface area contributed by atoms with Crippen LogP contribution in [0, 0.1) is 0 Å². The Morgan fingerprint density at radius 1 is 1.47 bits per heavy atom. The maximum atomic E-state index is 12.7. The van der Waals surface area contributed by atoms with E-state index in [-0.39, 0.29) is 24.8 Å². The number of ether oxygens (including phenoxy) is 1. The largest absolute Gasteiger partial charge is 0.355 e. The lowest BCUT2D eigenvalue weighted by molar-refractivity contribution is -0.247. The van der Waals surface area contributed by atoms with Gasteiger partial charge in [-0.3, -0.25) is 0 Å². The van der Waals surface area contributed by atoms with Gasteiger partial charge in [-0.15, -0.1) is 0 Å². The van der Waals surface area contributed by atoms with Crippen LogP contribution in [0.5, 0.6) is 0 Å². The number of hydrogen-bond acceptors (Lipinski definition) is 4. The molecular formula is C9H14F2N2O2. The summed E-state index contributed by atoms with van der Waals surface area (Å²) in [5, 5.41) is 3.53. The van der Waals surface area contributed by atoms with Crippen molar-refractivity contribution in [1.29, 1.82) is 0 Å². The summed E-state index contributed by atoms with van der Waals surface area (Å²) in [4.78, 5) is 3.91. The summed E-state index contributed by atoms with van der Waals surface area (Å²) in [6.07, 6.45) is -3.50. The number of hydrogen-bond donors (Lipinski definition) is 0. The zero-order valence-corrected chi connectivity index (χ0v) is 8.96. The number of nitrogens with zero attached hydrogens (tertiary/aromatic N) is 2. The SMILES string of the molecule is CCC(F)(F)OCc1noc(C(C)C)n1. The minimum atomic E-state index is -3.13. The van der Waals surface area contributed by atoms with E-state index in [1.54, 1.807) is 0 Å². The normalized spacial score (nSPS) is 12.4. The molecule has 0 atom stereocenters. The maximum absolute atomic E-state index is 12.7. The topological polar surface area (TPSA) is 48.2 Å². The number of alkyl halides is 2. The van der Waals surface area contributed by atoms with E-state index in [1.807, 2.05) is 13.8 Å². The molecule has 0 N–H and O–H groups in total. The zero-order valence-electron chi connectivity index (χ0n) is 8.96. The standard InChI is InChI=1S/C9H14F2N2O2/c1-4-9(10,11)14-5-7-12-8(6(2)3)15-13-7/h6H,4-5H2,1-3H3. The van der Waals surface area contributed by atoms with E-state index in [9.17, 15) is 8.78 Å². The van der Waals surface area contributed by atoms with Crippen LogP contribution >= 0.6 is 0 Å². The van der Waals surface area contributed by atoms with Gasteiger partial charge in [0, 0.05) is 12.3 Å². The molecule has 1 rings (SSSR count). The van der Waals surface area contributed by atoms with Gasteiger partial charge in [0.05, 0.1) is 0 Å². The van der Waals surface area contributed by atoms with E-state index >= 15 is 0 Å². The van der Waals surface area contributed by atoms with Crippen molar-refractivity contribution in [2.45, 2.75) is 45.8 Å². The van der Waals surface area contributed by atoms with Gasteiger partial charge in [0.2, 0.25) is 5.89 Å². The van der Waals surface area contributed by atoms with Crippen LogP contribution in [-0.2, 0) is 11.3 Å². The summed E-state index contributed by atoms with van der Waals surface area (Å²) >= 11 is 0. The summed E-state index contributed by atoms with van der Waals surface area (Å²) in [6.45, 7) is 4.75. The second-order valence-electron chi connectivity index (χ2n) is 3.48. The first kappa shape index (κ1) is 12.0. The number of halogens is 2. The molecule has 6 heteroatoms. The van der Waals surface area contributed by atoms with Gasteiger partial charge in [-0.25, -0.2) is 0 Å². The monoisotopic (exact) mass is 220 g/mol. The smallest absolute Gasteiger partial charge is 0.339 e. The molecule has 0 radical (unpaired) electrons. The second kappa shape index (κ2) is 4.65. The van der Waals surface area contributed by atoms with Gasteiger partial charge in [-0.05, 0) is 0 Å². The fraction of sp³-hybridized carbons (Fsp3) is 0.778. The molecule has 0 aliphatic carbocycles. The van der Waals surface area contributed by atoms with E-state index < -0.39 is 6.11 Å². The van der Waals surface area contributed by atoms with E-state index in [2.05, 4.69) is 14.9 Å². The summed E-state index contributed by atoms with van der Waals surface area (Å²) in [5.41, 5.74) is 0. The van der Waals surface area contributed by atoms with Gasteiger partial charge in [-0.2, -0.15) is 13.8 Å². The first-order valence-electron chi connectivity index (χ1n) is 4.79. The Kier molecular flexibility index (Phi) is 3.73. The predicted octanol–water partition coefficient (Wildman–Crippen LogP) is 2.71. The van der Waals surface area contributed by atoms with E-state index in [0.29, 0.717) is 5.89 Å². The van der Waals surface area contributed by atoms with Crippen LogP contribution in [0.4, 0.5) is 8.78 Å².